The lowest BCUT2D eigenvalue weighted by molar-refractivity contribution is -0.173. The number of nitrogen functional groups attached to an aromatic ring is 1. The van der Waals surface area contributed by atoms with Gasteiger partial charge in [0.05, 0.1) is 16.9 Å². The van der Waals surface area contributed by atoms with Gasteiger partial charge in [0.25, 0.3) is 11.7 Å². The molecule has 162 valence electrons. The number of amides is 1. The number of pyridine rings is 1. The Morgan fingerprint density at radius 3 is 2.66 bits per heavy atom. The molecule has 3 N–H and O–H groups in total. The monoisotopic (exact) mass is 429 g/mol. The molecule has 2 aliphatic rings. The molecular formula is C25H23N3O4. The van der Waals surface area contributed by atoms with Crippen LogP contribution in [0.5, 0.6) is 5.75 Å². The summed E-state index contributed by atoms with van der Waals surface area (Å²) in [5.41, 5.74) is 7.62. The van der Waals surface area contributed by atoms with Crippen LogP contribution in [0.4, 0.5) is 11.4 Å². The molecule has 0 spiro atoms. The average molecular weight is 429 g/mol. The number of nitrogens with zero attached hydrogens (tertiary/aromatic N) is 2. The molecule has 2 aromatic carbocycles. The molecule has 0 bridgehead atoms. The summed E-state index contributed by atoms with van der Waals surface area (Å²) in [6.45, 7) is 5.86. The van der Waals surface area contributed by atoms with Crippen molar-refractivity contribution in [1.29, 1.82) is 0 Å². The Kier molecular flexibility index (Phi) is 4.19. The molecule has 7 heteroatoms. The highest BCUT2D eigenvalue weighted by molar-refractivity contribution is 6.14. The fraction of sp³-hybridized carbons (Fsp3) is 0.240. The summed E-state index contributed by atoms with van der Waals surface area (Å²) in [5, 5.41) is 11.9. The highest BCUT2D eigenvalue weighted by Crippen LogP contribution is 2.63. The van der Waals surface area contributed by atoms with E-state index in [0.29, 0.717) is 28.9 Å². The molecule has 3 heterocycles. The fourth-order valence-corrected chi connectivity index (χ4v) is 4.78. The van der Waals surface area contributed by atoms with Crippen molar-refractivity contribution in [3.05, 3.63) is 82.7 Å². The molecule has 1 amide bonds. The van der Waals surface area contributed by atoms with Gasteiger partial charge in [0, 0.05) is 23.0 Å². The summed E-state index contributed by atoms with van der Waals surface area (Å²) in [6, 6.07) is 13.6. The Morgan fingerprint density at radius 2 is 1.97 bits per heavy atom. The second-order valence-electron chi connectivity index (χ2n) is 8.61. The van der Waals surface area contributed by atoms with Gasteiger partial charge in [0.1, 0.15) is 5.75 Å². The van der Waals surface area contributed by atoms with Crippen LogP contribution in [0, 0.1) is 6.92 Å². The predicted molar refractivity (Wildman–Crippen MR) is 119 cm³/mol. The first-order valence-corrected chi connectivity index (χ1v) is 10.4. The molecule has 0 saturated heterocycles. The summed E-state index contributed by atoms with van der Waals surface area (Å²) >= 11 is 0. The van der Waals surface area contributed by atoms with E-state index in [0.717, 1.165) is 5.56 Å². The number of aliphatic hydroxyl groups is 1. The number of fused-ring (bicyclic) bond motifs is 5. The first-order chi connectivity index (χ1) is 15.2. The largest absolute Gasteiger partial charge is 0.454 e. The molecule has 2 unspecified atom stereocenters. The minimum atomic E-state index is -2.12. The summed E-state index contributed by atoms with van der Waals surface area (Å²) < 4.78 is 6.09. The first kappa shape index (κ1) is 20.2. The molecule has 2 atom stereocenters. The Labute approximate surface area is 185 Å². The van der Waals surface area contributed by atoms with Crippen LogP contribution in [-0.2, 0) is 16.1 Å². The lowest BCUT2D eigenvalue weighted by Crippen LogP contribution is -2.57. The number of benzene rings is 2. The number of anilines is 2. The number of carbonyl (C=O) groups excluding carboxylic acids is 2. The van der Waals surface area contributed by atoms with Gasteiger partial charge in [0.15, 0.2) is 6.29 Å². The summed E-state index contributed by atoms with van der Waals surface area (Å²) in [6.07, 6.45) is 2.11. The van der Waals surface area contributed by atoms with E-state index in [2.05, 4.69) is 4.98 Å². The normalized spacial score (nSPS) is 22.8. The molecule has 0 aliphatic carbocycles. The van der Waals surface area contributed by atoms with E-state index in [1.807, 2.05) is 26.0 Å². The highest BCUT2D eigenvalue weighted by atomic mass is 16.6. The standard InChI is InChI=1S/C25H23N3O4/c1-14(2)16-7-8-18-21(12-16)32-25(31)19-5-4-6-20(26)22(19)28(24(18,25)13-29)23(30)17-9-10-27-15(3)11-17/h4-14,31H,26H2,1-3H3. The minimum absolute atomic E-state index is 0.214. The molecule has 32 heavy (non-hydrogen) atoms. The molecular weight excluding hydrogens is 406 g/mol. The van der Waals surface area contributed by atoms with Gasteiger partial charge in [-0.1, -0.05) is 38.1 Å². The van der Waals surface area contributed by atoms with E-state index in [-0.39, 0.29) is 22.9 Å². The number of aromatic nitrogens is 1. The quantitative estimate of drug-likeness (QED) is 0.488. The summed E-state index contributed by atoms with van der Waals surface area (Å²) in [7, 11) is 0. The van der Waals surface area contributed by atoms with Crippen LogP contribution in [0.2, 0.25) is 0 Å². The van der Waals surface area contributed by atoms with Crippen molar-refractivity contribution in [2.45, 2.75) is 38.0 Å². The topological polar surface area (TPSA) is 106 Å². The van der Waals surface area contributed by atoms with E-state index < -0.39 is 17.2 Å². The Balaban J connectivity index is 1.82. The van der Waals surface area contributed by atoms with Crippen LogP contribution in [-0.4, -0.2) is 22.3 Å². The van der Waals surface area contributed by atoms with E-state index in [1.165, 1.54) is 11.1 Å². The van der Waals surface area contributed by atoms with Gasteiger partial charge < -0.3 is 20.4 Å². The molecule has 5 rings (SSSR count). The molecule has 2 aliphatic heterocycles. The number of para-hydroxylation sites is 1. The van der Waals surface area contributed by atoms with Crippen LogP contribution >= 0.6 is 0 Å². The number of rotatable bonds is 3. The Morgan fingerprint density at radius 1 is 1.19 bits per heavy atom. The van der Waals surface area contributed by atoms with Crippen LogP contribution in [0.3, 0.4) is 0 Å². The summed E-state index contributed by atoms with van der Waals surface area (Å²) in [5.74, 6) is -2.02. The lowest BCUT2D eigenvalue weighted by Gasteiger charge is -2.36. The summed E-state index contributed by atoms with van der Waals surface area (Å²) in [4.78, 5) is 32.2. The Hall–Kier alpha value is -3.71. The molecule has 3 aromatic rings. The van der Waals surface area contributed by atoms with Crippen LogP contribution in [0.15, 0.2) is 54.7 Å². The average Bonchev–Trinajstić information content (AvgIpc) is 3.15. The number of carbonyl (C=O) groups is 2. The van der Waals surface area contributed by atoms with Gasteiger partial charge in [-0.3, -0.25) is 14.7 Å². The second-order valence-corrected chi connectivity index (χ2v) is 8.61. The zero-order chi connectivity index (χ0) is 22.8. The smallest absolute Gasteiger partial charge is 0.272 e. The van der Waals surface area contributed by atoms with Crippen LogP contribution < -0.4 is 15.4 Å². The molecule has 0 saturated carbocycles. The minimum Gasteiger partial charge on any atom is -0.454 e. The van der Waals surface area contributed by atoms with Crippen LogP contribution in [0.25, 0.3) is 0 Å². The van der Waals surface area contributed by atoms with Gasteiger partial charge in [-0.05, 0) is 42.7 Å². The van der Waals surface area contributed by atoms with E-state index in [4.69, 9.17) is 10.5 Å². The zero-order valence-corrected chi connectivity index (χ0v) is 18.0. The number of aryl methyl sites for hydroxylation is 1. The van der Waals surface area contributed by atoms with Crippen molar-refractivity contribution in [2.75, 3.05) is 10.6 Å². The van der Waals surface area contributed by atoms with Crippen molar-refractivity contribution in [3.63, 3.8) is 0 Å². The van der Waals surface area contributed by atoms with E-state index >= 15 is 0 Å². The van der Waals surface area contributed by atoms with Crippen LogP contribution in [0.1, 0.15) is 52.5 Å². The van der Waals surface area contributed by atoms with E-state index in [9.17, 15) is 14.7 Å². The van der Waals surface area contributed by atoms with Gasteiger partial charge in [-0.2, -0.15) is 0 Å². The number of hydrogen-bond acceptors (Lipinski definition) is 6. The lowest BCUT2D eigenvalue weighted by atomic mass is 9.82. The van der Waals surface area contributed by atoms with Gasteiger partial charge >= 0.3 is 0 Å². The molecule has 7 nitrogen and oxygen atoms in total. The van der Waals surface area contributed by atoms with Gasteiger partial charge in [0.2, 0.25) is 5.54 Å². The highest BCUT2D eigenvalue weighted by Gasteiger charge is 2.72. The number of hydrogen-bond donors (Lipinski definition) is 2. The number of nitrogens with two attached hydrogens (primary N) is 1. The fourth-order valence-electron chi connectivity index (χ4n) is 4.78. The van der Waals surface area contributed by atoms with Crippen molar-refractivity contribution in [2.24, 2.45) is 0 Å². The van der Waals surface area contributed by atoms with Gasteiger partial charge in [-0.25, -0.2) is 0 Å². The number of ether oxygens (including phenoxy) is 1. The van der Waals surface area contributed by atoms with Crippen molar-refractivity contribution >= 4 is 23.6 Å². The number of aldehydes is 1. The Bertz CT molecular complexity index is 1290. The third kappa shape index (κ3) is 2.37. The maximum Gasteiger partial charge on any atom is 0.272 e. The molecule has 1 aromatic heterocycles. The van der Waals surface area contributed by atoms with Crippen molar-refractivity contribution in [1.82, 2.24) is 4.98 Å². The third-order valence-corrected chi connectivity index (χ3v) is 6.38. The van der Waals surface area contributed by atoms with E-state index in [1.54, 1.807) is 43.3 Å². The third-order valence-electron chi connectivity index (χ3n) is 6.38. The maximum absolute atomic E-state index is 13.9. The zero-order valence-electron chi connectivity index (χ0n) is 18.0. The second kappa shape index (κ2) is 6.64. The maximum atomic E-state index is 13.9. The van der Waals surface area contributed by atoms with Crippen molar-refractivity contribution < 1.29 is 19.4 Å². The van der Waals surface area contributed by atoms with Gasteiger partial charge in [-0.15, -0.1) is 0 Å². The SMILES string of the molecule is Cc1cc(C(=O)N2c3c(N)cccc3C3(O)Oc4cc(C(C)C)ccc4C23C=O)ccn1. The molecule has 0 radical (unpaired) electrons. The molecule has 0 fully saturated rings. The predicted octanol–water partition coefficient (Wildman–Crippen LogP) is 3.39. The first-order valence-electron chi connectivity index (χ1n) is 10.4. The van der Waals surface area contributed by atoms with Crippen molar-refractivity contribution in [3.8, 4) is 5.75 Å².